The summed E-state index contributed by atoms with van der Waals surface area (Å²) in [6, 6.07) is 9.05. The van der Waals surface area contributed by atoms with Crippen LogP contribution in [0.3, 0.4) is 0 Å². The molecule has 1 amide bonds. The third kappa shape index (κ3) is 3.59. The Balaban J connectivity index is 1.68. The first-order chi connectivity index (χ1) is 14.9. The molecule has 2 N–H and O–H groups in total. The first-order valence-corrected chi connectivity index (χ1v) is 10.5. The highest BCUT2D eigenvalue weighted by atomic mass is 35.5. The topological polar surface area (TPSA) is 66.4 Å². The zero-order valence-electron chi connectivity index (χ0n) is 17.0. The smallest absolute Gasteiger partial charge is 0.380 e. The first kappa shape index (κ1) is 22.7. The second-order valence-corrected chi connectivity index (χ2v) is 9.03. The fourth-order valence-electron chi connectivity index (χ4n) is 4.64. The summed E-state index contributed by atoms with van der Waals surface area (Å²) >= 11 is 5.89. The monoisotopic (exact) mass is 469 g/mol. The molecule has 0 aromatic heterocycles. The molecule has 2 aliphatic rings. The SMILES string of the molecule is Cc1cc(F)c(-c2ccc(Cl)cc2)cc1C1C(=O)NC2(CCC(O)(C(F)(F)F)CC2)C1=O. The van der Waals surface area contributed by atoms with Crippen molar-refractivity contribution < 1.29 is 32.3 Å². The number of rotatable bonds is 2. The van der Waals surface area contributed by atoms with Crippen LogP contribution < -0.4 is 5.32 Å². The summed E-state index contributed by atoms with van der Waals surface area (Å²) in [5, 5.41) is 13.0. The van der Waals surface area contributed by atoms with Crippen molar-refractivity contribution in [1.29, 1.82) is 0 Å². The highest BCUT2D eigenvalue weighted by molar-refractivity contribution is 6.30. The average molecular weight is 470 g/mol. The number of hydrogen-bond acceptors (Lipinski definition) is 3. The number of carbonyl (C=O) groups excluding carboxylic acids is 2. The number of halogens is 5. The molecule has 1 atom stereocenters. The summed E-state index contributed by atoms with van der Waals surface area (Å²) < 4.78 is 54.2. The molecule has 32 heavy (non-hydrogen) atoms. The quantitative estimate of drug-likeness (QED) is 0.488. The zero-order valence-corrected chi connectivity index (χ0v) is 17.8. The molecular formula is C23H20ClF4NO3. The summed E-state index contributed by atoms with van der Waals surface area (Å²) in [5.41, 5.74) is -2.99. The molecule has 0 bridgehead atoms. The predicted octanol–water partition coefficient (Wildman–Crippen LogP) is 4.84. The van der Waals surface area contributed by atoms with E-state index in [9.17, 15) is 32.3 Å². The van der Waals surface area contributed by atoms with Gasteiger partial charge >= 0.3 is 6.18 Å². The summed E-state index contributed by atoms with van der Waals surface area (Å²) in [6.07, 6.45) is -6.84. The molecule has 1 heterocycles. The molecule has 0 radical (unpaired) electrons. The van der Waals surface area contributed by atoms with Crippen LogP contribution in [0.4, 0.5) is 17.6 Å². The fourth-order valence-corrected chi connectivity index (χ4v) is 4.77. The third-order valence-electron chi connectivity index (χ3n) is 6.64. The number of alkyl halides is 3. The maximum absolute atomic E-state index is 14.7. The average Bonchev–Trinajstić information content (AvgIpc) is 2.95. The first-order valence-electron chi connectivity index (χ1n) is 10.1. The van der Waals surface area contributed by atoms with Gasteiger partial charge < -0.3 is 10.4 Å². The Morgan fingerprint density at radius 1 is 1.06 bits per heavy atom. The van der Waals surface area contributed by atoms with Gasteiger partial charge in [0.1, 0.15) is 11.7 Å². The number of amides is 1. The second kappa shape index (κ2) is 7.56. The normalized spacial score (nSPS) is 28.3. The van der Waals surface area contributed by atoms with Crippen LogP contribution in [-0.4, -0.2) is 34.1 Å². The van der Waals surface area contributed by atoms with Gasteiger partial charge in [0.25, 0.3) is 0 Å². The minimum Gasteiger partial charge on any atom is -0.380 e. The van der Waals surface area contributed by atoms with Crippen LogP contribution in [0.25, 0.3) is 11.1 Å². The van der Waals surface area contributed by atoms with E-state index < -0.39 is 53.6 Å². The van der Waals surface area contributed by atoms with Crippen LogP contribution in [0.5, 0.6) is 0 Å². The van der Waals surface area contributed by atoms with E-state index in [0.29, 0.717) is 21.7 Å². The number of Topliss-reactive ketones (excluding diaryl/α,β-unsaturated/α-hetero) is 1. The molecule has 1 aliphatic carbocycles. The summed E-state index contributed by atoms with van der Waals surface area (Å²) in [4.78, 5) is 26.1. The fraction of sp³-hybridized carbons (Fsp3) is 0.391. The number of nitrogens with one attached hydrogen (secondary N) is 1. The van der Waals surface area contributed by atoms with Crippen LogP contribution in [0, 0.1) is 12.7 Å². The molecule has 2 aromatic carbocycles. The number of carbonyl (C=O) groups is 2. The Kier molecular flexibility index (Phi) is 5.37. The molecular weight excluding hydrogens is 450 g/mol. The van der Waals surface area contributed by atoms with Crippen LogP contribution in [0.2, 0.25) is 5.02 Å². The van der Waals surface area contributed by atoms with E-state index in [2.05, 4.69) is 5.32 Å². The van der Waals surface area contributed by atoms with Gasteiger partial charge in [0.15, 0.2) is 11.4 Å². The number of benzene rings is 2. The van der Waals surface area contributed by atoms with Crippen molar-refractivity contribution in [3.05, 3.63) is 58.4 Å². The Labute approximate surface area is 186 Å². The van der Waals surface area contributed by atoms with Gasteiger partial charge in [-0.3, -0.25) is 9.59 Å². The highest BCUT2D eigenvalue weighted by Gasteiger charge is 2.62. The molecule has 170 valence electrons. The molecule has 1 saturated carbocycles. The van der Waals surface area contributed by atoms with Gasteiger partial charge in [-0.1, -0.05) is 23.7 Å². The predicted molar refractivity (Wildman–Crippen MR) is 110 cm³/mol. The minimum absolute atomic E-state index is 0.180. The van der Waals surface area contributed by atoms with Crippen LogP contribution in [0.1, 0.15) is 42.7 Å². The molecule has 1 spiro atoms. The van der Waals surface area contributed by atoms with E-state index in [-0.39, 0.29) is 18.4 Å². The van der Waals surface area contributed by atoms with Gasteiger partial charge in [-0.2, -0.15) is 13.2 Å². The minimum atomic E-state index is -4.82. The lowest BCUT2D eigenvalue weighted by molar-refractivity contribution is -0.272. The van der Waals surface area contributed by atoms with Crippen molar-refractivity contribution in [1.82, 2.24) is 5.32 Å². The maximum Gasteiger partial charge on any atom is 0.417 e. The van der Waals surface area contributed by atoms with Crippen molar-refractivity contribution in [3.63, 3.8) is 0 Å². The highest BCUT2D eigenvalue weighted by Crippen LogP contribution is 2.48. The summed E-state index contributed by atoms with van der Waals surface area (Å²) in [5.74, 6) is -2.99. The molecule has 2 fully saturated rings. The van der Waals surface area contributed by atoms with Crippen molar-refractivity contribution in [2.45, 2.75) is 55.8 Å². The van der Waals surface area contributed by atoms with Crippen LogP contribution in [0.15, 0.2) is 36.4 Å². The summed E-state index contributed by atoms with van der Waals surface area (Å²) in [6.45, 7) is 1.57. The van der Waals surface area contributed by atoms with Crippen molar-refractivity contribution in [2.24, 2.45) is 0 Å². The molecule has 1 unspecified atom stereocenters. The molecule has 1 aliphatic heterocycles. The second-order valence-electron chi connectivity index (χ2n) is 8.59. The third-order valence-corrected chi connectivity index (χ3v) is 6.89. The van der Waals surface area contributed by atoms with Crippen LogP contribution >= 0.6 is 11.6 Å². The summed E-state index contributed by atoms with van der Waals surface area (Å²) in [7, 11) is 0. The molecule has 9 heteroatoms. The standard InChI is InChI=1S/C23H20ClF4NO3/c1-12-10-17(25)16(13-2-4-14(24)5-3-13)11-15(12)18-19(30)21(29-20(18)31)6-8-22(32,9-7-21)23(26,27)28/h2-5,10-11,18,32H,6-9H2,1H3,(H,29,31). The maximum atomic E-state index is 14.7. The Morgan fingerprint density at radius 3 is 2.22 bits per heavy atom. The van der Waals surface area contributed by atoms with E-state index in [1.165, 1.54) is 12.1 Å². The van der Waals surface area contributed by atoms with Gasteiger partial charge in [0, 0.05) is 10.6 Å². The largest absolute Gasteiger partial charge is 0.417 e. The van der Waals surface area contributed by atoms with E-state index >= 15 is 0 Å². The Bertz CT molecular complexity index is 1090. The van der Waals surface area contributed by atoms with Crippen LogP contribution in [-0.2, 0) is 9.59 Å². The molecule has 4 nitrogen and oxygen atoms in total. The van der Waals surface area contributed by atoms with Gasteiger partial charge in [-0.05, 0) is 73.6 Å². The van der Waals surface area contributed by atoms with E-state index in [1.807, 2.05) is 0 Å². The van der Waals surface area contributed by atoms with Crippen molar-refractivity contribution in [2.75, 3.05) is 0 Å². The van der Waals surface area contributed by atoms with Gasteiger partial charge in [-0.25, -0.2) is 4.39 Å². The molecule has 2 aromatic rings. The lowest BCUT2D eigenvalue weighted by Crippen LogP contribution is -2.57. The zero-order chi connectivity index (χ0) is 23.5. The number of aliphatic hydroxyl groups is 1. The van der Waals surface area contributed by atoms with E-state index in [1.54, 1.807) is 31.2 Å². The van der Waals surface area contributed by atoms with Gasteiger partial charge in [-0.15, -0.1) is 0 Å². The van der Waals surface area contributed by atoms with E-state index in [4.69, 9.17) is 11.6 Å². The number of ketones is 1. The van der Waals surface area contributed by atoms with Gasteiger partial charge in [0.05, 0.1) is 5.54 Å². The molecule has 1 saturated heterocycles. The lowest BCUT2D eigenvalue weighted by atomic mass is 9.70. The lowest BCUT2D eigenvalue weighted by Gasteiger charge is -2.41. The van der Waals surface area contributed by atoms with Crippen molar-refractivity contribution in [3.8, 4) is 11.1 Å². The number of aryl methyl sites for hydroxylation is 1. The van der Waals surface area contributed by atoms with Crippen molar-refractivity contribution >= 4 is 23.3 Å². The van der Waals surface area contributed by atoms with E-state index in [0.717, 1.165) is 0 Å². The van der Waals surface area contributed by atoms with Gasteiger partial charge in [0.2, 0.25) is 5.91 Å². The Hall–Kier alpha value is -2.45. The Morgan fingerprint density at radius 2 is 1.66 bits per heavy atom. The molecule has 4 rings (SSSR count). The number of hydrogen-bond donors (Lipinski definition) is 2.